The van der Waals surface area contributed by atoms with Gasteiger partial charge in [-0.15, -0.1) is 0 Å². The first-order chi connectivity index (χ1) is 14.9. The van der Waals surface area contributed by atoms with Crippen LogP contribution >= 0.6 is 8.53 Å². The molecule has 0 aromatic carbocycles. The zero-order valence-electron chi connectivity index (χ0n) is 18.2. The normalized spacial score (nSPS) is 22.6. The number of aliphatic hydroxyl groups is 1. The fourth-order valence-corrected chi connectivity index (χ4v) is 5.40. The number of nitriles is 1. The summed E-state index contributed by atoms with van der Waals surface area (Å²) in [6, 6.07) is 2.45. The van der Waals surface area contributed by atoms with Crippen molar-refractivity contribution in [3.8, 4) is 6.07 Å². The molecule has 1 aliphatic rings. The van der Waals surface area contributed by atoms with Gasteiger partial charge < -0.3 is 24.6 Å². The number of hydrogen-bond donors (Lipinski definition) is 2. The minimum atomic E-state index is -1.45. The molecule has 1 fully saturated rings. The van der Waals surface area contributed by atoms with Crippen LogP contribution in [0, 0.1) is 11.3 Å². The summed E-state index contributed by atoms with van der Waals surface area (Å²) < 4.78 is 22.4. The van der Waals surface area contributed by atoms with Crippen LogP contribution in [0.4, 0.5) is 5.82 Å². The van der Waals surface area contributed by atoms with Gasteiger partial charge in [0.2, 0.25) is 0 Å². The Morgan fingerprint density at radius 1 is 1.35 bits per heavy atom. The molecule has 2 aromatic rings. The van der Waals surface area contributed by atoms with Gasteiger partial charge in [-0.2, -0.15) is 5.26 Å². The molecule has 1 saturated heterocycles. The standard InChI is InChI=1S/C19H30N7O4P/c1-12(2)26(13(3)4)31(28-7-5-6-20)30-14-8-16(29-15(14)9-27)25-11-24-17-18(21)22-10-23-19(17)25/h10-16,27H,5,7-9H2,1-4H3,(H2,21,22,23)/t14-,15+,16+,31?/m0/s1. The predicted octanol–water partition coefficient (Wildman–Crippen LogP) is 2.35. The molecule has 1 unspecified atom stereocenters. The highest BCUT2D eigenvalue weighted by Gasteiger charge is 2.41. The molecule has 31 heavy (non-hydrogen) atoms. The molecule has 170 valence electrons. The van der Waals surface area contributed by atoms with E-state index in [0.717, 1.165) is 0 Å². The highest BCUT2D eigenvalue weighted by molar-refractivity contribution is 7.44. The van der Waals surface area contributed by atoms with Crippen LogP contribution in [-0.4, -0.2) is 66.8 Å². The van der Waals surface area contributed by atoms with E-state index in [0.29, 0.717) is 23.4 Å². The maximum atomic E-state index is 9.93. The Kier molecular flexibility index (Phi) is 8.11. The van der Waals surface area contributed by atoms with Crippen LogP contribution < -0.4 is 5.73 Å². The van der Waals surface area contributed by atoms with Crippen LogP contribution in [-0.2, 0) is 13.8 Å². The Balaban J connectivity index is 1.80. The third-order valence-electron chi connectivity index (χ3n) is 4.95. The molecule has 12 heteroatoms. The van der Waals surface area contributed by atoms with Crippen LogP contribution in [0.1, 0.15) is 46.8 Å². The summed E-state index contributed by atoms with van der Waals surface area (Å²) in [5.41, 5.74) is 6.95. The lowest BCUT2D eigenvalue weighted by Gasteiger charge is -2.37. The van der Waals surface area contributed by atoms with Crippen molar-refractivity contribution in [2.45, 2.75) is 71.1 Å². The van der Waals surface area contributed by atoms with Crippen LogP contribution in [0.2, 0.25) is 0 Å². The fourth-order valence-electron chi connectivity index (χ4n) is 3.64. The van der Waals surface area contributed by atoms with Crippen molar-refractivity contribution in [1.82, 2.24) is 24.2 Å². The van der Waals surface area contributed by atoms with E-state index in [-0.39, 0.29) is 31.7 Å². The van der Waals surface area contributed by atoms with Crippen molar-refractivity contribution in [3.05, 3.63) is 12.7 Å². The van der Waals surface area contributed by atoms with Crippen molar-refractivity contribution in [3.63, 3.8) is 0 Å². The molecule has 0 radical (unpaired) electrons. The van der Waals surface area contributed by atoms with E-state index < -0.39 is 27.0 Å². The largest absolute Gasteiger partial charge is 0.394 e. The molecule has 3 rings (SSSR count). The van der Waals surface area contributed by atoms with E-state index in [9.17, 15) is 5.11 Å². The second-order valence-electron chi connectivity index (χ2n) is 7.82. The van der Waals surface area contributed by atoms with Gasteiger partial charge in [0, 0.05) is 18.5 Å². The first-order valence-corrected chi connectivity index (χ1v) is 11.4. The average molecular weight is 451 g/mol. The first kappa shape index (κ1) is 23.7. The van der Waals surface area contributed by atoms with Gasteiger partial charge in [-0.25, -0.2) is 19.6 Å². The minimum Gasteiger partial charge on any atom is -0.394 e. The van der Waals surface area contributed by atoms with Crippen LogP contribution in [0.3, 0.4) is 0 Å². The summed E-state index contributed by atoms with van der Waals surface area (Å²) >= 11 is 0. The number of hydrogen-bond acceptors (Lipinski definition) is 10. The van der Waals surface area contributed by atoms with Crippen molar-refractivity contribution in [2.75, 3.05) is 18.9 Å². The Labute approximate surface area is 183 Å². The van der Waals surface area contributed by atoms with Crippen LogP contribution in [0.25, 0.3) is 11.2 Å². The van der Waals surface area contributed by atoms with Crippen molar-refractivity contribution >= 4 is 25.5 Å². The first-order valence-electron chi connectivity index (χ1n) is 10.3. The van der Waals surface area contributed by atoms with Crippen LogP contribution in [0.15, 0.2) is 12.7 Å². The van der Waals surface area contributed by atoms with E-state index in [1.807, 2.05) is 0 Å². The molecule has 11 nitrogen and oxygen atoms in total. The lowest BCUT2D eigenvalue weighted by Crippen LogP contribution is -2.36. The monoisotopic (exact) mass is 451 g/mol. The number of nitrogens with zero attached hydrogens (tertiary/aromatic N) is 6. The maximum Gasteiger partial charge on any atom is 0.259 e. The van der Waals surface area contributed by atoms with Gasteiger partial charge in [0.15, 0.2) is 11.5 Å². The lowest BCUT2D eigenvalue weighted by atomic mass is 10.2. The van der Waals surface area contributed by atoms with Gasteiger partial charge in [-0.3, -0.25) is 4.57 Å². The third kappa shape index (κ3) is 5.29. The Morgan fingerprint density at radius 3 is 2.74 bits per heavy atom. The molecule has 4 atom stereocenters. The van der Waals surface area contributed by atoms with Gasteiger partial charge in [0.05, 0.1) is 38.1 Å². The molecule has 0 saturated carbocycles. The van der Waals surface area contributed by atoms with Gasteiger partial charge in [-0.05, 0) is 27.7 Å². The highest BCUT2D eigenvalue weighted by atomic mass is 31.2. The van der Waals surface area contributed by atoms with Gasteiger partial charge in [-0.1, -0.05) is 0 Å². The summed E-state index contributed by atoms with van der Waals surface area (Å²) in [4.78, 5) is 12.5. The van der Waals surface area contributed by atoms with Gasteiger partial charge in [0.1, 0.15) is 24.2 Å². The van der Waals surface area contributed by atoms with Crippen molar-refractivity contribution in [1.29, 1.82) is 5.26 Å². The zero-order valence-corrected chi connectivity index (χ0v) is 19.1. The van der Waals surface area contributed by atoms with Gasteiger partial charge >= 0.3 is 0 Å². The zero-order chi connectivity index (χ0) is 22.5. The SMILES string of the molecule is CC(C)N(C(C)C)P(OCCC#N)O[C@H]1C[C@H](n2cnc3c(N)ncnc32)O[C@@H]1CO. The topological polar surface area (TPSA) is 145 Å². The molecule has 0 spiro atoms. The molecular formula is C19H30N7O4P. The number of anilines is 1. The van der Waals surface area contributed by atoms with Crippen molar-refractivity contribution < 1.29 is 18.9 Å². The van der Waals surface area contributed by atoms with E-state index >= 15 is 0 Å². The summed E-state index contributed by atoms with van der Waals surface area (Å²) in [5.74, 6) is 0.298. The Hall–Kier alpha value is -1.93. The minimum absolute atomic E-state index is 0.177. The number of ether oxygens (including phenoxy) is 1. The molecule has 3 heterocycles. The second kappa shape index (κ2) is 10.6. The third-order valence-corrected chi connectivity index (χ3v) is 7.10. The molecular weight excluding hydrogens is 421 g/mol. The molecule has 0 aliphatic carbocycles. The number of nitrogen functional groups attached to an aromatic ring is 1. The number of aliphatic hydroxyl groups excluding tert-OH is 1. The number of rotatable bonds is 10. The highest BCUT2D eigenvalue weighted by Crippen LogP contribution is 2.50. The number of imidazole rings is 1. The summed E-state index contributed by atoms with van der Waals surface area (Å²) in [7, 11) is -1.45. The molecule has 1 aliphatic heterocycles. The molecule has 2 aromatic heterocycles. The molecule has 0 bridgehead atoms. The van der Waals surface area contributed by atoms with Crippen LogP contribution in [0.5, 0.6) is 0 Å². The van der Waals surface area contributed by atoms with E-state index in [1.54, 1.807) is 10.9 Å². The van der Waals surface area contributed by atoms with E-state index in [4.69, 9.17) is 24.8 Å². The maximum absolute atomic E-state index is 9.93. The van der Waals surface area contributed by atoms with Gasteiger partial charge in [0.25, 0.3) is 8.53 Å². The van der Waals surface area contributed by atoms with E-state index in [2.05, 4.69) is 53.4 Å². The molecule has 0 amide bonds. The summed E-state index contributed by atoms with van der Waals surface area (Å²) in [5, 5.41) is 18.8. The number of fused-ring (bicyclic) bond motifs is 1. The average Bonchev–Trinajstić information content (AvgIpc) is 3.32. The quantitative estimate of drug-likeness (QED) is 0.408. The van der Waals surface area contributed by atoms with E-state index in [1.165, 1.54) is 6.33 Å². The fraction of sp³-hybridized carbons (Fsp3) is 0.684. The Morgan fingerprint density at radius 2 is 2.10 bits per heavy atom. The summed E-state index contributed by atoms with van der Waals surface area (Å²) in [6.45, 7) is 8.38. The predicted molar refractivity (Wildman–Crippen MR) is 115 cm³/mol. The Bertz CT molecular complexity index is 895. The number of nitrogens with two attached hydrogens (primary N) is 1. The summed E-state index contributed by atoms with van der Waals surface area (Å²) in [6.07, 6.45) is 2.38. The molecule has 3 N–H and O–H groups in total. The number of aromatic nitrogens is 4. The lowest BCUT2D eigenvalue weighted by molar-refractivity contribution is -0.0411. The smallest absolute Gasteiger partial charge is 0.259 e. The van der Waals surface area contributed by atoms with Crippen molar-refractivity contribution in [2.24, 2.45) is 0 Å². The second-order valence-corrected chi connectivity index (χ2v) is 9.23.